The zero-order valence-corrected chi connectivity index (χ0v) is 18.6. The average molecular weight is 448 g/mol. The molecule has 1 aliphatic heterocycles. The van der Waals surface area contributed by atoms with E-state index in [0.29, 0.717) is 13.1 Å². The van der Waals surface area contributed by atoms with Gasteiger partial charge >= 0.3 is 0 Å². The zero-order valence-electron chi connectivity index (χ0n) is 17.0. The number of aryl methyl sites for hydroxylation is 2. The van der Waals surface area contributed by atoms with Gasteiger partial charge in [0.15, 0.2) is 0 Å². The fraction of sp³-hybridized carbons (Fsp3) is 0.333. The van der Waals surface area contributed by atoms with Crippen molar-refractivity contribution in [1.29, 1.82) is 0 Å². The molecule has 0 atom stereocenters. The number of sulfonamides is 1. The Kier molecular flexibility index (Phi) is 7.17. The van der Waals surface area contributed by atoms with Crippen LogP contribution in [0.1, 0.15) is 34.3 Å². The Balaban J connectivity index is 1.57. The first-order valence-corrected chi connectivity index (χ1v) is 12.1. The molecule has 2 aromatic rings. The Bertz CT molecular complexity index is 1050. The van der Waals surface area contributed by atoms with Crippen LogP contribution in [0.2, 0.25) is 0 Å². The molecule has 9 heteroatoms. The maximum atomic E-state index is 12.7. The third kappa shape index (κ3) is 5.41. The second kappa shape index (κ2) is 9.63. The SMILES string of the molecule is Cc1ccc(C)c(SCC(=O)NNC(=O)c2cccc(S(=O)(=O)N3CCCC3)c2)c1. The second-order valence-corrected chi connectivity index (χ2v) is 10.2. The Hall–Kier alpha value is -2.36. The van der Waals surface area contributed by atoms with Crippen molar-refractivity contribution in [3.8, 4) is 0 Å². The number of amides is 2. The van der Waals surface area contributed by atoms with Crippen molar-refractivity contribution in [3.05, 3.63) is 59.2 Å². The van der Waals surface area contributed by atoms with Crippen LogP contribution in [0.4, 0.5) is 0 Å². The molecule has 30 heavy (non-hydrogen) atoms. The van der Waals surface area contributed by atoms with E-state index < -0.39 is 15.9 Å². The summed E-state index contributed by atoms with van der Waals surface area (Å²) in [6.07, 6.45) is 1.68. The normalized spacial score (nSPS) is 14.5. The van der Waals surface area contributed by atoms with Crippen molar-refractivity contribution in [2.45, 2.75) is 36.5 Å². The molecule has 2 N–H and O–H groups in total. The number of carbonyl (C=O) groups is 2. The van der Waals surface area contributed by atoms with E-state index in [1.807, 2.05) is 32.0 Å². The standard InChI is InChI=1S/C21H25N3O4S2/c1-15-8-9-16(2)19(12-15)29-14-20(25)22-23-21(26)17-6-5-7-18(13-17)30(27,28)24-10-3-4-11-24/h5-9,12-13H,3-4,10-11,14H2,1-2H3,(H,22,25)(H,23,26). The second-order valence-electron chi connectivity index (χ2n) is 7.20. The van der Waals surface area contributed by atoms with Crippen LogP contribution >= 0.6 is 11.8 Å². The molecule has 0 saturated carbocycles. The molecule has 0 aromatic heterocycles. The smallest absolute Gasteiger partial charge is 0.269 e. The average Bonchev–Trinajstić information content (AvgIpc) is 3.28. The maximum absolute atomic E-state index is 12.7. The highest BCUT2D eigenvalue weighted by Gasteiger charge is 2.27. The van der Waals surface area contributed by atoms with Crippen LogP contribution < -0.4 is 10.9 Å². The summed E-state index contributed by atoms with van der Waals surface area (Å²) in [5.41, 5.74) is 7.09. The van der Waals surface area contributed by atoms with Crippen LogP contribution in [0.15, 0.2) is 52.3 Å². The summed E-state index contributed by atoms with van der Waals surface area (Å²) in [5, 5.41) is 0. The minimum Gasteiger partial charge on any atom is -0.272 e. The summed E-state index contributed by atoms with van der Waals surface area (Å²) in [6, 6.07) is 11.9. The molecule has 0 unspecified atom stereocenters. The molecule has 1 heterocycles. The van der Waals surface area contributed by atoms with Gasteiger partial charge in [-0.25, -0.2) is 8.42 Å². The third-order valence-electron chi connectivity index (χ3n) is 4.82. The van der Waals surface area contributed by atoms with Gasteiger partial charge in [-0.3, -0.25) is 20.4 Å². The highest BCUT2D eigenvalue weighted by molar-refractivity contribution is 8.00. The summed E-state index contributed by atoms with van der Waals surface area (Å²) < 4.78 is 26.8. The first-order chi connectivity index (χ1) is 14.3. The van der Waals surface area contributed by atoms with Crippen LogP contribution in [-0.2, 0) is 14.8 Å². The lowest BCUT2D eigenvalue weighted by atomic mass is 10.2. The van der Waals surface area contributed by atoms with Gasteiger partial charge in [0, 0.05) is 23.5 Å². The molecule has 1 aliphatic rings. The number of hydrogen-bond acceptors (Lipinski definition) is 5. The van der Waals surface area contributed by atoms with Gasteiger partial charge in [-0.1, -0.05) is 23.8 Å². The summed E-state index contributed by atoms with van der Waals surface area (Å²) in [5.74, 6) is -0.776. The number of hydrogen-bond donors (Lipinski definition) is 2. The largest absolute Gasteiger partial charge is 0.272 e. The van der Waals surface area contributed by atoms with Crippen LogP contribution in [0.5, 0.6) is 0 Å². The predicted octanol–water partition coefficient (Wildman–Crippen LogP) is 2.64. The summed E-state index contributed by atoms with van der Waals surface area (Å²) in [6.45, 7) is 4.95. The van der Waals surface area contributed by atoms with Gasteiger partial charge in [0.25, 0.3) is 5.91 Å². The van der Waals surface area contributed by atoms with Crippen LogP contribution in [0.25, 0.3) is 0 Å². The van der Waals surface area contributed by atoms with Gasteiger partial charge in [-0.2, -0.15) is 4.31 Å². The molecule has 2 amide bonds. The number of nitrogens with zero attached hydrogens (tertiary/aromatic N) is 1. The van der Waals surface area contributed by atoms with Crippen molar-refractivity contribution in [1.82, 2.24) is 15.2 Å². The topological polar surface area (TPSA) is 95.6 Å². The molecule has 2 aromatic carbocycles. The minimum atomic E-state index is -3.61. The molecule has 1 fully saturated rings. The first kappa shape index (κ1) is 22.3. The highest BCUT2D eigenvalue weighted by Crippen LogP contribution is 2.23. The molecular weight excluding hydrogens is 422 g/mol. The third-order valence-corrected chi connectivity index (χ3v) is 7.87. The number of carbonyl (C=O) groups excluding carboxylic acids is 2. The van der Waals surface area contributed by atoms with E-state index in [1.165, 1.54) is 40.3 Å². The van der Waals surface area contributed by atoms with Crippen molar-refractivity contribution < 1.29 is 18.0 Å². The zero-order chi connectivity index (χ0) is 21.7. The first-order valence-electron chi connectivity index (χ1n) is 9.67. The van der Waals surface area contributed by atoms with Crippen molar-refractivity contribution in [2.75, 3.05) is 18.8 Å². The monoisotopic (exact) mass is 447 g/mol. The van der Waals surface area contributed by atoms with Crippen molar-refractivity contribution in [3.63, 3.8) is 0 Å². The van der Waals surface area contributed by atoms with Gasteiger partial charge in [0.2, 0.25) is 15.9 Å². The van der Waals surface area contributed by atoms with E-state index in [4.69, 9.17) is 0 Å². The lowest BCUT2D eigenvalue weighted by Gasteiger charge is -2.16. The number of nitrogens with one attached hydrogen (secondary N) is 2. The lowest BCUT2D eigenvalue weighted by molar-refractivity contribution is -0.119. The molecule has 7 nitrogen and oxygen atoms in total. The Morgan fingerprint density at radius 1 is 1.03 bits per heavy atom. The van der Waals surface area contributed by atoms with Crippen LogP contribution in [-0.4, -0.2) is 43.4 Å². The summed E-state index contributed by atoms with van der Waals surface area (Å²) in [7, 11) is -3.61. The van der Waals surface area contributed by atoms with Gasteiger partial charge in [-0.05, 0) is 56.5 Å². The fourth-order valence-electron chi connectivity index (χ4n) is 3.12. The summed E-state index contributed by atoms with van der Waals surface area (Å²) >= 11 is 1.39. The van der Waals surface area contributed by atoms with Gasteiger partial charge in [0.05, 0.1) is 10.6 Å². The Morgan fingerprint density at radius 2 is 1.77 bits per heavy atom. The molecule has 0 aliphatic carbocycles. The molecular formula is C21H25N3O4S2. The fourth-order valence-corrected chi connectivity index (χ4v) is 5.60. The molecule has 0 spiro atoms. The molecule has 1 saturated heterocycles. The number of benzene rings is 2. The van der Waals surface area contributed by atoms with E-state index in [9.17, 15) is 18.0 Å². The van der Waals surface area contributed by atoms with Crippen LogP contribution in [0.3, 0.4) is 0 Å². The van der Waals surface area contributed by atoms with Crippen LogP contribution in [0, 0.1) is 13.8 Å². The van der Waals surface area contributed by atoms with Gasteiger partial charge in [0.1, 0.15) is 0 Å². The number of hydrazine groups is 1. The molecule has 0 radical (unpaired) electrons. The van der Waals surface area contributed by atoms with E-state index in [1.54, 1.807) is 0 Å². The Morgan fingerprint density at radius 3 is 2.50 bits per heavy atom. The van der Waals surface area contributed by atoms with Crippen molar-refractivity contribution >= 4 is 33.6 Å². The highest BCUT2D eigenvalue weighted by atomic mass is 32.2. The van der Waals surface area contributed by atoms with Gasteiger partial charge < -0.3 is 0 Å². The molecule has 3 rings (SSSR count). The minimum absolute atomic E-state index is 0.0776. The summed E-state index contributed by atoms with van der Waals surface area (Å²) in [4.78, 5) is 25.6. The van der Waals surface area contributed by atoms with Gasteiger partial charge in [-0.15, -0.1) is 11.8 Å². The van der Waals surface area contributed by atoms with E-state index in [0.717, 1.165) is 28.9 Å². The van der Waals surface area contributed by atoms with Crippen molar-refractivity contribution in [2.24, 2.45) is 0 Å². The lowest BCUT2D eigenvalue weighted by Crippen LogP contribution is -2.42. The van der Waals surface area contributed by atoms with E-state index >= 15 is 0 Å². The maximum Gasteiger partial charge on any atom is 0.269 e. The quantitative estimate of drug-likeness (QED) is 0.524. The predicted molar refractivity (Wildman–Crippen MR) is 117 cm³/mol. The molecule has 160 valence electrons. The number of thioether (sulfide) groups is 1. The number of rotatable bonds is 6. The Labute approximate surface area is 181 Å². The van der Waals surface area contributed by atoms with E-state index in [-0.39, 0.29) is 22.1 Å². The molecule has 0 bridgehead atoms. The van der Waals surface area contributed by atoms with E-state index in [2.05, 4.69) is 10.9 Å².